The number of amides is 1. The van der Waals surface area contributed by atoms with Gasteiger partial charge in [-0.05, 0) is 11.5 Å². The number of benzene rings is 1. The van der Waals surface area contributed by atoms with Gasteiger partial charge in [0.05, 0.1) is 0 Å². The molecule has 1 fully saturated rings. The van der Waals surface area contributed by atoms with Gasteiger partial charge in [0.1, 0.15) is 11.5 Å². The van der Waals surface area contributed by atoms with E-state index >= 15 is 0 Å². The number of nitrogens with zero attached hydrogens (tertiary/aromatic N) is 2. The summed E-state index contributed by atoms with van der Waals surface area (Å²) in [5.41, 5.74) is 6.27. The molecular weight excluding hydrogens is 274 g/mol. The monoisotopic (exact) mass is 289 g/mol. The summed E-state index contributed by atoms with van der Waals surface area (Å²) >= 11 is 0. The quantitative estimate of drug-likeness (QED) is 0.850. The van der Waals surface area contributed by atoms with Crippen molar-refractivity contribution in [2.45, 2.75) is 0 Å². The van der Waals surface area contributed by atoms with Gasteiger partial charge < -0.3 is 10.6 Å². The minimum absolute atomic E-state index is 0.140. The highest BCUT2D eigenvalue weighted by molar-refractivity contribution is 7.85. The Kier molecular flexibility index (Phi) is 3.40. The molecule has 0 bridgehead atoms. The maximum Gasteiger partial charge on any atom is 0.272 e. The fraction of sp³-hybridized carbons (Fsp3) is 0.286. The number of hydrogen-bond acceptors (Lipinski definition) is 4. The van der Waals surface area contributed by atoms with Gasteiger partial charge in [-0.15, -0.1) is 0 Å². The van der Waals surface area contributed by atoms with E-state index in [1.54, 1.807) is 11.0 Å². The number of pyridine rings is 1. The standard InChI is InChI=1S/C14H15N3O2S/c15-13-11-4-2-1-3-10(11)9-12(16-13)14(18)17-5-7-20(19)8-6-17/h1-4,9H,5-8H2,(H2,15,16). The Morgan fingerprint density at radius 2 is 1.95 bits per heavy atom. The third kappa shape index (κ3) is 2.38. The first-order valence-corrected chi connectivity index (χ1v) is 7.93. The predicted octanol–water partition coefficient (Wildman–Crippen LogP) is 1.02. The summed E-state index contributed by atoms with van der Waals surface area (Å²) in [5.74, 6) is 1.30. The van der Waals surface area contributed by atoms with Gasteiger partial charge in [0.15, 0.2) is 0 Å². The van der Waals surface area contributed by atoms with E-state index in [9.17, 15) is 9.00 Å². The highest BCUT2D eigenvalue weighted by Crippen LogP contribution is 2.21. The second-order valence-corrected chi connectivity index (χ2v) is 6.45. The van der Waals surface area contributed by atoms with Gasteiger partial charge in [-0.1, -0.05) is 24.3 Å². The molecule has 2 heterocycles. The van der Waals surface area contributed by atoms with E-state index < -0.39 is 10.8 Å². The molecule has 1 aromatic carbocycles. The summed E-state index contributed by atoms with van der Waals surface area (Å²) < 4.78 is 11.3. The summed E-state index contributed by atoms with van der Waals surface area (Å²) in [6.45, 7) is 1.03. The van der Waals surface area contributed by atoms with Crippen LogP contribution in [0.5, 0.6) is 0 Å². The lowest BCUT2D eigenvalue weighted by Gasteiger charge is -2.26. The van der Waals surface area contributed by atoms with Crippen molar-refractivity contribution in [3.05, 3.63) is 36.0 Å². The van der Waals surface area contributed by atoms with Crippen molar-refractivity contribution in [1.82, 2.24) is 9.88 Å². The topological polar surface area (TPSA) is 76.3 Å². The normalized spacial score (nSPS) is 16.5. The fourth-order valence-electron chi connectivity index (χ4n) is 2.34. The lowest BCUT2D eigenvalue weighted by atomic mass is 10.1. The molecule has 6 heteroatoms. The Morgan fingerprint density at radius 1 is 1.25 bits per heavy atom. The number of carbonyl (C=O) groups excluding carboxylic acids is 1. The van der Waals surface area contributed by atoms with Crippen LogP contribution in [0.1, 0.15) is 10.5 Å². The zero-order chi connectivity index (χ0) is 14.1. The van der Waals surface area contributed by atoms with Crippen LogP contribution in [-0.2, 0) is 10.8 Å². The number of hydrogen-bond donors (Lipinski definition) is 1. The number of aromatic nitrogens is 1. The first-order valence-electron chi connectivity index (χ1n) is 6.44. The summed E-state index contributed by atoms with van der Waals surface area (Å²) in [5, 5.41) is 1.76. The average Bonchev–Trinajstić information content (AvgIpc) is 2.47. The van der Waals surface area contributed by atoms with Crippen molar-refractivity contribution in [2.24, 2.45) is 0 Å². The molecule has 3 rings (SSSR count). The predicted molar refractivity (Wildman–Crippen MR) is 79.9 cm³/mol. The molecule has 1 amide bonds. The summed E-state index contributed by atoms with van der Waals surface area (Å²) in [7, 11) is -0.799. The van der Waals surface area contributed by atoms with Crippen LogP contribution in [0.3, 0.4) is 0 Å². The SMILES string of the molecule is Nc1nc(C(=O)N2CCS(=O)CC2)cc2ccccc12. The molecule has 2 N–H and O–H groups in total. The average molecular weight is 289 g/mol. The zero-order valence-electron chi connectivity index (χ0n) is 10.9. The van der Waals surface area contributed by atoms with Crippen LogP contribution in [0, 0.1) is 0 Å². The van der Waals surface area contributed by atoms with E-state index in [1.165, 1.54) is 0 Å². The molecule has 1 saturated heterocycles. The third-order valence-electron chi connectivity index (χ3n) is 3.45. The smallest absolute Gasteiger partial charge is 0.272 e. The molecule has 0 atom stereocenters. The molecule has 1 aliphatic rings. The van der Waals surface area contributed by atoms with Crippen molar-refractivity contribution in [2.75, 3.05) is 30.3 Å². The van der Waals surface area contributed by atoms with E-state index in [0.717, 1.165) is 10.8 Å². The van der Waals surface area contributed by atoms with Crippen molar-refractivity contribution in [3.8, 4) is 0 Å². The number of nitrogen functional groups attached to an aromatic ring is 1. The molecule has 2 aromatic rings. The molecule has 5 nitrogen and oxygen atoms in total. The van der Waals surface area contributed by atoms with Crippen molar-refractivity contribution >= 4 is 33.3 Å². The van der Waals surface area contributed by atoms with Crippen LogP contribution in [0.4, 0.5) is 5.82 Å². The number of anilines is 1. The van der Waals surface area contributed by atoms with Gasteiger partial charge in [0.25, 0.3) is 5.91 Å². The van der Waals surface area contributed by atoms with Gasteiger partial charge in [-0.2, -0.15) is 0 Å². The summed E-state index contributed by atoms with van der Waals surface area (Å²) in [6, 6.07) is 9.35. The van der Waals surface area contributed by atoms with Crippen LogP contribution in [0.15, 0.2) is 30.3 Å². The van der Waals surface area contributed by atoms with Crippen LogP contribution >= 0.6 is 0 Å². The Balaban J connectivity index is 1.93. The second-order valence-electron chi connectivity index (χ2n) is 4.75. The number of fused-ring (bicyclic) bond motifs is 1. The molecule has 1 aromatic heterocycles. The van der Waals surface area contributed by atoms with E-state index in [1.807, 2.05) is 24.3 Å². The molecule has 0 saturated carbocycles. The summed E-state index contributed by atoms with van der Waals surface area (Å²) in [6.07, 6.45) is 0. The largest absolute Gasteiger partial charge is 0.383 e. The highest BCUT2D eigenvalue weighted by atomic mass is 32.2. The Bertz CT molecular complexity index is 692. The minimum Gasteiger partial charge on any atom is -0.383 e. The number of carbonyl (C=O) groups is 1. The molecule has 1 aliphatic heterocycles. The van der Waals surface area contributed by atoms with Gasteiger partial charge in [0, 0.05) is 40.8 Å². The van der Waals surface area contributed by atoms with Crippen molar-refractivity contribution < 1.29 is 9.00 Å². The molecule has 104 valence electrons. The Labute approximate surface area is 119 Å². The molecule has 0 aliphatic carbocycles. The number of nitrogens with two attached hydrogens (primary N) is 1. The lowest BCUT2D eigenvalue weighted by Crippen LogP contribution is -2.42. The summed E-state index contributed by atoms with van der Waals surface area (Å²) in [4.78, 5) is 18.3. The molecule has 0 unspecified atom stereocenters. The molecular formula is C14H15N3O2S. The maximum absolute atomic E-state index is 12.4. The zero-order valence-corrected chi connectivity index (χ0v) is 11.7. The molecule has 0 radical (unpaired) electrons. The highest BCUT2D eigenvalue weighted by Gasteiger charge is 2.22. The van der Waals surface area contributed by atoms with Gasteiger partial charge in [0.2, 0.25) is 0 Å². The van der Waals surface area contributed by atoms with Crippen molar-refractivity contribution in [1.29, 1.82) is 0 Å². The minimum atomic E-state index is -0.799. The van der Waals surface area contributed by atoms with E-state index in [4.69, 9.17) is 5.73 Å². The van der Waals surface area contributed by atoms with Crippen LogP contribution in [0.25, 0.3) is 10.8 Å². The van der Waals surface area contributed by atoms with E-state index in [0.29, 0.717) is 36.1 Å². The van der Waals surface area contributed by atoms with Crippen LogP contribution in [0.2, 0.25) is 0 Å². The lowest BCUT2D eigenvalue weighted by molar-refractivity contribution is 0.0766. The first kappa shape index (κ1) is 13.1. The number of rotatable bonds is 1. The van der Waals surface area contributed by atoms with E-state index in [2.05, 4.69) is 4.98 Å². The third-order valence-corrected chi connectivity index (χ3v) is 4.73. The molecule has 20 heavy (non-hydrogen) atoms. The van der Waals surface area contributed by atoms with Crippen LogP contribution < -0.4 is 5.73 Å². The van der Waals surface area contributed by atoms with Gasteiger partial charge in [-0.3, -0.25) is 9.00 Å². The first-order chi connectivity index (χ1) is 9.65. The Morgan fingerprint density at radius 3 is 2.70 bits per heavy atom. The van der Waals surface area contributed by atoms with Gasteiger partial charge >= 0.3 is 0 Å². The van der Waals surface area contributed by atoms with Crippen molar-refractivity contribution in [3.63, 3.8) is 0 Å². The van der Waals surface area contributed by atoms with Gasteiger partial charge in [-0.25, -0.2) is 4.98 Å². The fourth-order valence-corrected chi connectivity index (χ4v) is 3.39. The second kappa shape index (κ2) is 5.20. The Hall–Kier alpha value is -1.95. The maximum atomic E-state index is 12.4. The molecule has 0 spiro atoms. The van der Waals surface area contributed by atoms with E-state index in [-0.39, 0.29) is 5.91 Å². The van der Waals surface area contributed by atoms with Crippen LogP contribution in [-0.4, -0.2) is 44.6 Å².